The molecular formula is C10H10F2O4. The Morgan fingerprint density at radius 2 is 1.94 bits per heavy atom. The molecule has 0 atom stereocenters. The van der Waals surface area contributed by atoms with E-state index in [4.69, 9.17) is 4.74 Å². The van der Waals surface area contributed by atoms with Gasteiger partial charge in [0.05, 0.1) is 19.8 Å². The highest BCUT2D eigenvalue weighted by Gasteiger charge is 2.14. The van der Waals surface area contributed by atoms with Crippen molar-refractivity contribution in [2.75, 3.05) is 14.2 Å². The Bertz CT molecular complexity index is 379. The average molecular weight is 232 g/mol. The lowest BCUT2D eigenvalue weighted by atomic mass is 10.2. The number of methoxy groups -OCH3 is 2. The summed E-state index contributed by atoms with van der Waals surface area (Å²) in [7, 11) is 2.51. The topological polar surface area (TPSA) is 44.8 Å². The molecule has 1 aromatic carbocycles. The van der Waals surface area contributed by atoms with E-state index in [-0.39, 0.29) is 17.1 Å². The van der Waals surface area contributed by atoms with Crippen LogP contribution in [0.25, 0.3) is 0 Å². The molecule has 4 nitrogen and oxygen atoms in total. The molecular weight excluding hydrogens is 222 g/mol. The number of alkyl halides is 2. The van der Waals surface area contributed by atoms with E-state index >= 15 is 0 Å². The van der Waals surface area contributed by atoms with Crippen molar-refractivity contribution in [1.29, 1.82) is 0 Å². The van der Waals surface area contributed by atoms with Gasteiger partial charge in [0.1, 0.15) is 0 Å². The van der Waals surface area contributed by atoms with Crippen molar-refractivity contribution < 1.29 is 27.8 Å². The van der Waals surface area contributed by atoms with Gasteiger partial charge in [-0.15, -0.1) is 0 Å². The third-order valence-electron chi connectivity index (χ3n) is 1.80. The largest absolute Gasteiger partial charge is 0.493 e. The Morgan fingerprint density at radius 3 is 2.44 bits per heavy atom. The van der Waals surface area contributed by atoms with Crippen molar-refractivity contribution >= 4 is 5.97 Å². The first-order chi connectivity index (χ1) is 7.58. The highest BCUT2D eigenvalue weighted by Crippen LogP contribution is 2.29. The summed E-state index contributed by atoms with van der Waals surface area (Å²) < 4.78 is 37.6. The zero-order valence-electron chi connectivity index (χ0n) is 8.70. The minimum Gasteiger partial charge on any atom is -0.493 e. The van der Waals surface area contributed by atoms with Gasteiger partial charge in [-0.25, -0.2) is 4.79 Å². The second kappa shape index (κ2) is 5.29. The number of carbonyl (C=O) groups is 1. The lowest BCUT2D eigenvalue weighted by Gasteiger charge is -2.10. The van der Waals surface area contributed by atoms with Crippen LogP contribution in [0.5, 0.6) is 11.5 Å². The van der Waals surface area contributed by atoms with Crippen molar-refractivity contribution in [2.45, 2.75) is 6.61 Å². The number of hydrogen-bond donors (Lipinski definition) is 0. The summed E-state index contributed by atoms with van der Waals surface area (Å²) in [5, 5.41) is 0. The van der Waals surface area contributed by atoms with Crippen molar-refractivity contribution in [2.24, 2.45) is 0 Å². The summed E-state index contributed by atoms with van der Waals surface area (Å²) in [6.45, 7) is -2.98. The Labute approximate surface area is 90.7 Å². The smallest absolute Gasteiger partial charge is 0.387 e. The van der Waals surface area contributed by atoms with Crippen molar-refractivity contribution in [1.82, 2.24) is 0 Å². The maximum atomic E-state index is 12.1. The molecule has 0 amide bonds. The predicted molar refractivity (Wildman–Crippen MR) is 51.0 cm³/mol. The van der Waals surface area contributed by atoms with Gasteiger partial charge in [0, 0.05) is 0 Å². The summed E-state index contributed by atoms with van der Waals surface area (Å²) in [5.74, 6) is -0.727. The van der Waals surface area contributed by atoms with Crippen LogP contribution in [-0.4, -0.2) is 26.8 Å². The van der Waals surface area contributed by atoms with Crippen LogP contribution in [0.3, 0.4) is 0 Å². The van der Waals surface area contributed by atoms with Crippen LogP contribution in [0.2, 0.25) is 0 Å². The Morgan fingerprint density at radius 1 is 1.25 bits per heavy atom. The Balaban J connectivity index is 3.05. The van der Waals surface area contributed by atoms with Crippen molar-refractivity contribution in [3.63, 3.8) is 0 Å². The standard InChI is InChI=1S/C10H10F2O4/c1-14-7-4-3-6(9(13)15-2)5-8(7)16-10(11)12/h3-5,10H,1-2H3. The number of benzene rings is 1. The van der Waals surface area contributed by atoms with E-state index in [1.165, 1.54) is 26.4 Å². The molecule has 0 saturated carbocycles. The van der Waals surface area contributed by atoms with Crippen molar-refractivity contribution in [3.8, 4) is 11.5 Å². The van der Waals surface area contributed by atoms with Gasteiger partial charge in [-0.1, -0.05) is 0 Å². The first kappa shape index (κ1) is 12.2. The molecule has 0 heterocycles. The molecule has 0 saturated heterocycles. The monoisotopic (exact) mass is 232 g/mol. The molecule has 1 aromatic rings. The maximum Gasteiger partial charge on any atom is 0.387 e. The molecule has 1 rings (SSSR count). The summed E-state index contributed by atoms with van der Waals surface area (Å²) >= 11 is 0. The van der Waals surface area contributed by atoms with Gasteiger partial charge in [-0.05, 0) is 18.2 Å². The second-order valence-electron chi connectivity index (χ2n) is 2.74. The molecule has 6 heteroatoms. The van der Waals surface area contributed by atoms with Crippen LogP contribution in [0, 0.1) is 0 Å². The minimum absolute atomic E-state index is 0.110. The van der Waals surface area contributed by atoms with Crippen LogP contribution in [-0.2, 0) is 4.74 Å². The zero-order chi connectivity index (χ0) is 12.1. The summed E-state index contributed by atoms with van der Waals surface area (Å²) in [5.41, 5.74) is 0.110. The minimum atomic E-state index is -2.98. The van der Waals surface area contributed by atoms with Gasteiger partial charge in [0.15, 0.2) is 11.5 Å². The van der Waals surface area contributed by atoms with Crippen LogP contribution < -0.4 is 9.47 Å². The summed E-state index contributed by atoms with van der Waals surface area (Å²) in [4.78, 5) is 11.1. The van der Waals surface area contributed by atoms with E-state index in [9.17, 15) is 13.6 Å². The molecule has 0 aliphatic carbocycles. The lowest BCUT2D eigenvalue weighted by molar-refractivity contribution is -0.0512. The molecule has 0 aromatic heterocycles. The number of carbonyl (C=O) groups excluding carboxylic acids is 1. The Hall–Kier alpha value is -1.85. The molecule has 0 spiro atoms. The molecule has 88 valence electrons. The van der Waals surface area contributed by atoms with Gasteiger partial charge < -0.3 is 14.2 Å². The highest BCUT2D eigenvalue weighted by atomic mass is 19.3. The molecule has 0 aliphatic heterocycles. The van der Waals surface area contributed by atoms with E-state index in [1.807, 2.05) is 0 Å². The fourth-order valence-electron chi connectivity index (χ4n) is 1.11. The van der Waals surface area contributed by atoms with Gasteiger partial charge in [-0.2, -0.15) is 8.78 Å². The highest BCUT2D eigenvalue weighted by molar-refractivity contribution is 5.90. The normalized spacial score (nSPS) is 10.1. The number of rotatable bonds is 4. The lowest BCUT2D eigenvalue weighted by Crippen LogP contribution is -2.06. The number of hydrogen-bond acceptors (Lipinski definition) is 4. The Kier molecular flexibility index (Phi) is 4.04. The molecule has 16 heavy (non-hydrogen) atoms. The molecule has 0 aliphatic rings. The summed E-state index contributed by atoms with van der Waals surface area (Å²) in [6, 6.07) is 3.88. The second-order valence-corrected chi connectivity index (χ2v) is 2.74. The predicted octanol–water partition coefficient (Wildman–Crippen LogP) is 2.08. The molecule has 0 unspecified atom stereocenters. The fraction of sp³-hybridized carbons (Fsp3) is 0.300. The number of halogens is 2. The van der Waals surface area contributed by atoms with Gasteiger partial charge in [0.2, 0.25) is 0 Å². The van der Waals surface area contributed by atoms with E-state index in [2.05, 4.69) is 9.47 Å². The molecule has 0 bridgehead atoms. The van der Waals surface area contributed by atoms with Crippen LogP contribution >= 0.6 is 0 Å². The number of ether oxygens (including phenoxy) is 3. The zero-order valence-corrected chi connectivity index (χ0v) is 8.70. The molecule has 0 fully saturated rings. The van der Waals surface area contributed by atoms with E-state index < -0.39 is 12.6 Å². The van der Waals surface area contributed by atoms with Crippen molar-refractivity contribution in [3.05, 3.63) is 23.8 Å². The van der Waals surface area contributed by atoms with E-state index in [0.717, 1.165) is 6.07 Å². The van der Waals surface area contributed by atoms with Crippen LogP contribution in [0.1, 0.15) is 10.4 Å². The molecule has 0 radical (unpaired) electrons. The van der Waals surface area contributed by atoms with Gasteiger partial charge in [-0.3, -0.25) is 0 Å². The SMILES string of the molecule is COC(=O)c1ccc(OC)c(OC(F)F)c1. The van der Waals surface area contributed by atoms with E-state index in [0.29, 0.717) is 0 Å². The fourth-order valence-corrected chi connectivity index (χ4v) is 1.11. The summed E-state index contributed by atoms with van der Waals surface area (Å²) in [6.07, 6.45) is 0. The van der Waals surface area contributed by atoms with Crippen LogP contribution in [0.15, 0.2) is 18.2 Å². The quantitative estimate of drug-likeness (QED) is 0.745. The first-order valence-corrected chi connectivity index (χ1v) is 4.29. The first-order valence-electron chi connectivity index (χ1n) is 4.29. The van der Waals surface area contributed by atoms with Crippen LogP contribution in [0.4, 0.5) is 8.78 Å². The van der Waals surface area contributed by atoms with Gasteiger partial charge in [0.25, 0.3) is 0 Å². The molecule has 0 N–H and O–H groups in total. The van der Waals surface area contributed by atoms with E-state index in [1.54, 1.807) is 0 Å². The third-order valence-corrected chi connectivity index (χ3v) is 1.80. The maximum absolute atomic E-state index is 12.1. The average Bonchev–Trinajstić information content (AvgIpc) is 2.27. The van der Waals surface area contributed by atoms with Gasteiger partial charge >= 0.3 is 12.6 Å². The third kappa shape index (κ3) is 2.82. The number of esters is 1.